The maximum Gasteiger partial charge on any atom is 0.171 e. The van der Waals surface area contributed by atoms with Gasteiger partial charge in [-0.2, -0.15) is 0 Å². The van der Waals surface area contributed by atoms with Gasteiger partial charge in [0.1, 0.15) is 10.8 Å². The second kappa shape index (κ2) is 12.7. The molecule has 0 aliphatic carbocycles. The van der Waals surface area contributed by atoms with Gasteiger partial charge in [-0.1, -0.05) is 55.4 Å². The molecule has 27 heavy (non-hydrogen) atoms. The average molecular weight is 392 g/mol. The van der Waals surface area contributed by atoms with E-state index in [1.165, 1.54) is 16.9 Å². The summed E-state index contributed by atoms with van der Waals surface area (Å²) < 4.78 is 5.95. The standard InChI is InChI=1S/C19H25NO2S.2C2H6/c1-11(2)10-22-17-8-7-15(9-16(17)12(3)4)19-20-13(5)18(23-19)14(6)21;2*1-2/h7-9,11-12H,10H2,1-6H3;2*1-2H3. The van der Waals surface area contributed by atoms with Crippen LogP contribution in [-0.2, 0) is 0 Å². The third-order valence-electron chi connectivity index (χ3n) is 3.57. The van der Waals surface area contributed by atoms with Crippen LogP contribution >= 0.6 is 11.3 Å². The molecule has 3 nitrogen and oxygen atoms in total. The first kappa shape index (κ1) is 25.3. The van der Waals surface area contributed by atoms with Gasteiger partial charge in [0.2, 0.25) is 0 Å². The molecule has 0 fully saturated rings. The van der Waals surface area contributed by atoms with Crippen molar-refractivity contribution in [1.82, 2.24) is 4.98 Å². The van der Waals surface area contributed by atoms with Gasteiger partial charge in [-0.3, -0.25) is 4.79 Å². The summed E-state index contributed by atoms with van der Waals surface area (Å²) in [7, 11) is 0. The van der Waals surface area contributed by atoms with Crippen molar-refractivity contribution >= 4 is 17.1 Å². The first-order valence-electron chi connectivity index (χ1n) is 10.0. The van der Waals surface area contributed by atoms with E-state index in [1.807, 2.05) is 46.8 Å². The number of aromatic nitrogens is 1. The highest BCUT2D eigenvalue weighted by atomic mass is 32.1. The van der Waals surface area contributed by atoms with Gasteiger partial charge in [-0.25, -0.2) is 4.98 Å². The number of ether oxygens (including phenoxy) is 1. The van der Waals surface area contributed by atoms with Crippen LogP contribution in [-0.4, -0.2) is 17.4 Å². The average Bonchev–Trinajstić information content (AvgIpc) is 3.05. The van der Waals surface area contributed by atoms with Gasteiger partial charge in [-0.15, -0.1) is 11.3 Å². The highest BCUT2D eigenvalue weighted by Crippen LogP contribution is 2.34. The van der Waals surface area contributed by atoms with Crippen molar-refractivity contribution in [1.29, 1.82) is 0 Å². The highest BCUT2D eigenvalue weighted by molar-refractivity contribution is 7.17. The number of benzene rings is 1. The van der Waals surface area contributed by atoms with E-state index in [0.717, 1.165) is 26.9 Å². The molecule has 0 unspecified atom stereocenters. The summed E-state index contributed by atoms with van der Waals surface area (Å²) in [6.07, 6.45) is 0. The Balaban J connectivity index is 0.00000158. The SMILES string of the molecule is CC.CC.CC(=O)c1sc(-c2ccc(OCC(C)C)c(C(C)C)c2)nc1C. The quantitative estimate of drug-likeness (QED) is 0.478. The molecule has 0 spiro atoms. The Morgan fingerprint density at radius 1 is 1.11 bits per heavy atom. The van der Waals surface area contributed by atoms with Crippen molar-refractivity contribution in [2.24, 2.45) is 5.92 Å². The fraction of sp³-hybridized carbons (Fsp3) is 0.565. The zero-order valence-electron chi connectivity index (χ0n) is 18.8. The molecular weight excluding hydrogens is 354 g/mol. The molecule has 1 aromatic heterocycles. The molecule has 2 aromatic rings. The van der Waals surface area contributed by atoms with E-state index in [1.54, 1.807) is 6.92 Å². The summed E-state index contributed by atoms with van der Waals surface area (Å²) in [5.41, 5.74) is 3.04. The first-order valence-corrected chi connectivity index (χ1v) is 10.9. The van der Waals surface area contributed by atoms with Crippen LogP contribution in [0, 0.1) is 12.8 Å². The Morgan fingerprint density at radius 3 is 2.15 bits per heavy atom. The first-order chi connectivity index (χ1) is 12.8. The number of carbonyl (C=O) groups is 1. The summed E-state index contributed by atoms with van der Waals surface area (Å²) in [5.74, 6) is 1.88. The number of Topliss-reactive ketones (excluding diaryl/α,β-unsaturated/α-hetero) is 1. The zero-order chi connectivity index (χ0) is 21.1. The summed E-state index contributed by atoms with van der Waals surface area (Å²) in [5, 5.41) is 0.894. The molecule has 0 amide bonds. The molecule has 1 aromatic carbocycles. The van der Waals surface area contributed by atoms with E-state index in [2.05, 4.69) is 38.7 Å². The predicted molar refractivity (Wildman–Crippen MR) is 119 cm³/mol. The Bertz CT molecular complexity index is 702. The predicted octanol–water partition coefficient (Wildman–Crippen LogP) is 7.53. The molecule has 1 heterocycles. The fourth-order valence-corrected chi connectivity index (χ4v) is 3.32. The number of ketones is 1. The summed E-state index contributed by atoms with van der Waals surface area (Å²) in [6.45, 7) is 20.8. The number of aryl methyl sites for hydroxylation is 1. The number of nitrogens with zero attached hydrogens (tertiary/aromatic N) is 1. The van der Waals surface area contributed by atoms with Crippen LogP contribution in [0.1, 0.15) is 89.2 Å². The van der Waals surface area contributed by atoms with Gasteiger partial charge < -0.3 is 4.74 Å². The van der Waals surface area contributed by atoms with Crippen LogP contribution in [0.2, 0.25) is 0 Å². The monoisotopic (exact) mass is 391 g/mol. The normalized spacial score (nSPS) is 10.1. The fourth-order valence-electron chi connectivity index (χ4n) is 2.37. The summed E-state index contributed by atoms with van der Waals surface area (Å²) in [4.78, 5) is 16.9. The minimum atomic E-state index is 0.0761. The molecule has 0 bridgehead atoms. The van der Waals surface area contributed by atoms with E-state index < -0.39 is 0 Å². The molecule has 152 valence electrons. The van der Waals surface area contributed by atoms with Crippen molar-refractivity contribution in [3.8, 4) is 16.3 Å². The van der Waals surface area contributed by atoms with Crippen molar-refractivity contribution in [2.75, 3.05) is 6.61 Å². The van der Waals surface area contributed by atoms with E-state index >= 15 is 0 Å². The Labute approximate surface area is 170 Å². The smallest absolute Gasteiger partial charge is 0.171 e. The largest absolute Gasteiger partial charge is 0.493 e. The van der Waals surface area contributed by atoms with E-state index in [9.17, 15) is 4.79 Å². The number of rotatable bonds is 6. The number of carbonyl (C=O) groups excluding carboxylic acids is 1. The zero-order valence-corrected chi connectivity index (χ0v) is 19.6. The molecule has 0 saturated heterocycles. The third kappa shape index (κ3) is 7.45. The van der Waals surface area contributed by atoms with Gasteiger partial charge in [0.15, 0.2) is 5.78 Å². The van der Waals surface area contributed by atoms with E-state index in [-0.39, 0.29) is 5.78 Å². The van der Waals surface area contributed by atoms with Crippen LogP contribution in [0.5, 0.6) is 5.75 Å². The van der Waals surface area contributed by atoms with Crippen LogP contribution in [0.3, 0.4) is 0 Å². The summed E-state index contributed by atoms with van der Waals surface area (Å²) in [6, 6.07) is 6.20. The second-order valence-corrected chi connectivity index (χ2v) is 7.60. The molecule has 0 aliphatic rings. The van der Waals surface area contributed by atoms with Gasteiger partial charge in [0.05, 0.1) is 17.2 Å². The van der Waals surface area contributed by atoms with Crippen molar-refractivity contribution < 1.29 is 9.53 Å². The molecule has 0 saturated carbocycles. The van der Waals surface area contributed by atoms with E-state index in [0.29, 0.717) is 18.4 Å². The topological polar surface area (TPSA) is 39.2 Å². The lowest BCUT2D eigenvalue weighted by molar-refractivity contribution is 0.102. The van der Waals surface area contributed by atoms with Gasteiger partial charge in [0, 0.05) is 12.5 Å². The second-order valence-electron chi connectivity index (χ2n) is 6.60. The molecule has 4 heteroatoms. The molecular formula is C23H37NO2S. The molecule has 0 radical (unpaired) electrons. The lowest BCUT2D eigenvalue weighted by Gasteiger charge is -2.16. The molecule has 0 atom stereocenters. The lowest BCUT2D eigenvalue weighted by Crippen LogP contribution is -2.06. The Hall–Kier alpha value is -1.68. The van der Waals surface area contributed by atoms with E-state index in [4.69, 9.17) is 4.74 Å². The van der Waals surface area contributed by atoms with Gasteiger partial charge in [0.25, 0.3) is 0 Å². The maximum absolute atomic E-state index is 11.6. The minimum absolute atomic E-state index is 0.0761. The number of hydrogen-bond donors (Lipinski definition) is 0. The highest BCUT2D eigenvalue weighted by Gasteiger charge is 2.16. The Kier molecular flexibility index (Phi) is 11.9. The molecule has 0 N–H and O–H groups in total. The van der Waals surface area contributed by atoms with Gasteiger partial charge in [-0.05, 0) is 42.5 Å². The number of hydrogen-bond acceptors (Lipinski definition) is 4. The van der Waals surface area contributed by atoms with Crippen LogP contribution in [0.15, 0.2) is 18.2 Å². The summed E-state index contributed by atoms with van der Waals surface area (Å²) >= 11 is 1.46. The van der Waals surface area contributed by atoms with Crippen LogP contribution < -0.4 is 4.74 Å². The van der Waals surface area contributed by atoms with Crippen LogP contribution in [0.25, 0.3) is 10.6 Å². The van der Waals surface area contributed by atoms with Crippen molar-refractivity contribution in [3.05, 3.63) is 34.3 Å². The van der Waals surface area contributed by atoms with Gasteiger partial charge >= 0.3 is 0 Å². The lowest BCUT2D eigenvalue weighted by atomic mass is 9.99. The number of thiazole rings is 1. The van der Waals surface area contributed by atoms with Crippen LogP contribution in [0.4, 0.5) is 0 Å². The molecule has 0 aliphatic heterocycles. The van der Waals surface area contributed by atoms with Crippen molar-refractivity contribution in [2.45, 2.75) is 75.2 Å². The maximum atomic E-state index is 11.6. The third-order valence-corrected chi connectivity index (χ3v) is 4.87. The Morgan fingerprint density at radius 2 is 1.70 bits per heavy atom. The minimum Gasteiger partial charge on any atom is -0.493 e. The van der Waals surface area contributed by atoms with Crippen molar-refractivity contribution in [3.63, 3.8) is 0 Å². The molecule has 2 rings (SSSR count).